The Morgan fingerprint density at radius 1 is 1.07 bits per heavy atom. The number of amides is 1. The number of anilines is 2. The minimum absolute atomic E-state index is 0.133. The first kappa shape index (κ1) is 19.6. The number of hydrogen-bond acceptors (Lipinski definition) is 7. The highest BCUT2D eigenvalue weighted by molar-refractivity contribution is 7.92. The fourth-order valence-electron chi connectivity index (χ4n) is 2.83. The van der Waals surface area contributed by atoms with Crippen LogP contribution in [0.5, 0.6) is 17.2 Å². The molecule has 0 bridgehead atoms. The summed E-state index contributed by atoms with van der Waals surface area (Å²) in [6.07, 6.45) is 1.15. The first-order chi connectivity index (χ1) is 14.5. The summed E-state index contributed by atoms with van der Waals surface area (Å²) < 4.78 is 43.9. The molecule has 0 aliphatic carbocycles. The lowest BCUT2D eigenvalue weighted by molar-refractivity contribution is 0.102. The minimum Gasteiger partial charge on any atom is -0.497 e. The molecule has 156 valence electrons. The maximum absolute atomic E-state index is 12.8. The highest BCUT2D eigenvalue weighted by Crippen LogP contribution is 2.33. The van der Waals surface area contributed by atoms with E-state index in [4.69, 9.17) is 14.2 Å². The summed E-state index contributed by atoms with van der Waals surface area (Å²) in [7, 11) is -2.58. The van der Waals surface area contributed by atoms with Gasteiger partial charge in [-0.2, -0.15) is 13.5 Å². The highest BCUT2D eigenvalue weighted by Gasteiger charge is 2.25. The van der Waals surface area contributed by atoms with Crippen LogP contribution in [0.25, 0.3) is 0 Å². The van der Waals surface area contributed by atoms with Crippen molar-refractivity contribution >= 4 is 27.3 Å². The van der Waals surface area contributed by atoms with Gasteiger partial charge in [0.1, 0.15) is 19.0 Å². The summed E-state index contributed by atoms with van der Waals surface area (Å²) in [6, 6.07) is 11.2. The van der Waals surface area contributed by atoms with Crippen molar-refractivity contribution in [3.05, 3.63) is 54.2 Å². The molecule has 11 heteroatoms. The third-order valence-electron chi connectivity index (χ3n) is 4.26. The van der Waals surface area contributed by atoms with Gasteiger partial charge in [-0.1, -0.05) is 0 Å². The molecule has 4 rings (SSSR count). The Bertz CT molecular complexity index is 1170. The molecule has 0 unspecified atom stereocenters. The lowest BCUT2D eigenvalue weighted by Gasteiger charge is -2.19. The summed E-state index contributed by atoms with van der Waals surface area (Å²) >= 11 is 0. The van der Waals surface area contributed by atoms with Crippen LogP contribution in [0.15, 0.2) is 53.7 Å². The van der Waals surface area contributed by atoms with Gasteiger partial charge in [0.15, 0.2) is 16.5 Å². The number of nitrogens with one attached hydrogen (secondary N) is 3. The molecule has 1 aliphatic rings. The fraction of sp³-hybridized carbons (Fsp3) is 0.158. The number of nitrogens with zero attached hydrogens (tertiary/aromatic N) is 1. The van der Waals surface area contributed by atoms with Gasteiger partial charge in [-0.3, -0.25) is 14.6 Å². The zero-order chi connectivity index (χ0) is 21.1. The van der Waals surface area contributed by atoms with E-state index in [-0.39, 0.29) is 10.6 Å². The molecule has 0 saturated heterocycles. The molecular formula is C19H18N4O6S. The molecule has 0 atom stereocenters. The van der Waals surface area contributed by atoms with Crippen molar-refractivity contribution in [3.63, 3.8) is 0 Å². The van der Waals surface area contributed by atoms with Crippen LogP contribution in [0.3, 0.4) is 0 Å². The van der Waals surface area contributed by atoms with Gasteiger partial charge in [0, 0.05) is 17.4 Å². The Kier molecular flexibility index (Phi) is 5.19. The smallest absolute Gasteiger partial charge is 0.279 e. The zero-order valence-electron chi connectivity index (χ0n) is 15.8. The molecule has 1 aromatic heterocycles. The van der Waals surface area contributed by atoms with Crippen LogP contribution in [-0.4, -0.2) is 44.8 Å². The van der Waals surface area contributed by atoms with Gasteiger partial charge in [0.25, 0.3) is 15.9 Å². The van der Waals surface area contributed by atoms with Crippen molar-refractivity contribution in [2.75, 3.05) is 30.4 Å². The summed E-state index contributed by atoms with van der Waals surface area (Å²) in [4.78, 5) is 12.7. The van der Waals surface area contributed by atoms with E-state index in [0.717, 1.165) is 6.20 Å². The number of hydrogen-bond donors (Lipinski definition) is 3. The van der Waals surface area contributed by atoms with Gasteiger partial charge in [0.05, 0.1) is 18.9 Å². The number of methoxy groups -OCH3 is 1. The quantitative estimate of drug-likeness (QED) is 0.546. The van der Waals surface area contributed by atoms with E-state index in [1.54, 1.807) is 42.5 Å². The molecule has 1 aliphatic heterocycles. The second-order valence-electron chi connectivity index (χ2n) is 6.26. The standard InChI is InChI=1S/C19H18N4O6S/c1-27-14-5-2-12(3-6-14)23-30(25,26)19-15(11-20-22-19)18(24)21-13-4-7-16-17(10-13)29-9-8-28-16/h2-7,10-11,23H,8-9H2,1H3,(H,20,22)(H,21,24). The van der Waals surface area contributed by atoms with Gasteiger partial charge in [-0.15, -0.1) is 0 Å². The predicted octanol–water partition coefficient (Wildman–Crippen LogP) is 2.24. The molecule has 10 nitrogen and oxygen atoms in total. The second kappa shape index (κ2) is 7.95. The van der Waals surface area contributed by atoms with Crippen LogP contribution in [0.1, 0.15) is 10.4 Å². The van der Waals surface area contributed by atoms with E-state index in [1.807, 2.05) is 0 Å². The van der Waals surface area contributed by atoms with E-state index < -0.39 is 15.9 Å². The third-order valence-corrected chi connectivity index (χ3v) is 5.61. The molecule has 30 heavy (non-hydrogen) atoms. The van der Waals surface area contributed by atoms with Gasteiger partial charge in [-0.05, 0) is 36.4 Å². The summed E-state index contributed by atoms with van der Waals surface area (Å²) in [5, 5.41) is 8.38. The fourth-order valence-corrected chi connectivity index (χ4v) is 3.98. The number of H-pyrrole nitrogens is 1. The van der Waals surface area contributed by atoms with E-state index in [2.05, 4.69) is 20.2 Å². The Balaban J connectivity index is 1.53. The van der Waals surface area contributed by atoms with Crippen LogP contribution in [-0.2, 0) is 10.0 Å². The van der Waals surface area contributed by atoms with Crippen LogP contribution in [0, 0.1) is 0 Å². The Morgan fingerprint density at radius 2 is 1.77 bits per heavy atom. The molecular weight excluding hydrogens is 412 g/mol. The molecule has 0 spiro atoms. The number of fused-ring (bicyclic) bond motifs is 1. The number of ether oxygens (including phenoxy) is 3. The Labute approximate surface area is 172 Å². The minimum atomic E-state index is -4.09. The molecule has 0 radical (unpaired) electrons. The lowest BCUT2D eigenvalue weighted by atomic mass is 10.2. The number of carbonyl (C=O) groups is 1. The molecule has 2 aromatic carbocycles. The number of aromatic amines is 1. The van der Waals surface area contributed by atoms with Crippen LogP contribution < -0.4 is 24.2 Å². The van der Waals surface area contributed by atoms with Gasteiger partial charge in [-0.25, -0.2) is 0 Å². The third kappa shape index (κ3) is 4.01. The van der Waals surface area contributed by atoms with Crippen molar-refractivity contribution < 1.29 is 27.4 Å². The molecule has 1 amide bonds. The monoisotopic (exact) mass is 430 g/mol. The second-order valence-corrected chi connectivity index (χ2v) is 7.88. The molecule has 3 N–H and O–H groups in total. The van der Waals surface area contributed by atoms with E-state index in [1.165, 1.54) is 7.11 Å². The summed E-state index contributed by atoms with van der Waals surface area (Å²) in [5.41, 5.74) is 0.603. The average molecular weight is 430 g/mol. The van der Waals surface area contributed by atoms with E-state index >= 15 is 0 Å². The van der Waals surface area contributed by atoms with Crippen LogP contribution in [0.2, 0.25) is 0 Å². The van der Waals surface area contributed by atoms with Gasteiger partial charge < -0.3 is 19.5 Å². The topological polar surface area (TPSA) is 132 Å². The highest BCUT2D eigenvalue weighted by atomic mass is 32.2. The summed E-state index contributed by atoms with van der Waals surface area (Å²) in [6.45, 7) is 0.863. The number of benzene rings is 2. The summed E-state index contributed by atoms with van der Waals surface area (Å²) in [5.74, 6) is 1.02. The normalized spacial score (nSPS) is 12.8. The van der Waals surface area contributed by atoms with Gasteiger partial charge >= 0.3 is 0 Å². The molecule has 2 heterocycles. The first-order valence-corrected chi connectivity index (χ1v) is 10.4. The number of carbonyl (C=O) groups excluding carboxylic acids is 1. The predicted molar refractivity (Wildman–Crippen MR) is 108 cm³/mol. The zero-order valence-corrected chi connectivity index (χ0v) is 16.7. The Hall–Kier alpha value is -3.73. The first-order valence-electron chi connectivity index (χ1n) is 8.87. The molecule has 0 fully saturated rings. The van der Waals surface area contributed by atoms with Crippen LogP contribution >= 0.6 is 0 Å². The lowest BCUT2D eigenvalue weighted by Crippen LogP contribution is -2.20. The number of sulfonamides is 1. The SMILES string of the molecule is COc1ccc(NS(=O)(=O)c2[nH]ncc2C(=O)Nc2ccc3c(c2)OCCO3)cc1. The van der Waals surface area contributed by atoms with E-state index in [9.17, 15) is 13.2 Å². The maximum atomic E-state index is 12.8. The van der Waals surface area contributed by atoms with Crippen molar-refractivity contribution in [1.82, 2.24) is 10.2 Å². The van der Waals surface area contributed by atoms with Crippen molar-refractivity contribution in [1.29, 1.82) is 0 Å². The van der Waals surface area contributed by atoms with Crippen molar-refractivity contribution in [2.45, 2.75) is 5.03 Å². The van der Waals surface area contributed by atoms with Crippen molar-refractivity contribution in [2.24, 2.45) is 0 Å². The van der Waals surface area contributed by atoms with E-state index in [0.29, 0.717) is 41.8 Å². The molecule has 3 aromatic rings. The van der Waals surface area contributed by atoms with Crippen LogP contribution in [0.4, 0.5) is 11.4 Å². The Morgan fingerprint density at radius 3 is 2.50 bits per heavy atom. The number of rotatable bonds is 6. The van der Waals surface area contributed by atoms with Crippen molar-refractivity contribution in [3.8, 4) is 17.2 Å². The van der Waals surface area contributed by atoms with Gasteiger partial charge in [0.2, 0.25) is 0 Å². The molecule has 0 saturated carbocycles. The number of aromatic nitrogens is 2. The average Bonchev–Trinajstić information content (AvgIpc) is 3.25. The largest absolute Gasteiger partial charge is 0.497 e. The maximum Gasteiger partial charge on any atom is 0.279 e.